The number of ether oxygens (including phenoxy) is 5. The number of rotatable bonds is 12. The van der Waals surface area contributed by atoms with Gasteiger partial charge in [-0.25, -0.2) is 0 Å². The van der Waals surface area contributed by atoms with E-state index in [0.29, 0.717) is 39.1 Å². The van der Waals surface area contributed by atoms with Crippen LogP contribution in [0, 0.1) is 0 Å². The normalized spacial score (nSPS) is 21.5. The number of piperazine rings is 1. The van der Waals surface area contributed by atoms with Crippen LogP contribution in [0.1, 0.15) is 67.2 Å². The van der Waals surface area contributed by atoms with Gasteiger partial charge in [0, 0.05) is 58.9 Å². The molecule has 2 heterocycles. The molecule has 0 aromatic carbocycles. The molecule has 0 saturated carbocycles. The maximum atomic E-state index is 12.5. The summed E-state index contributed by atoms with van der Waals surface area (Å²) in [5.41, 5.74) is -0.698. The van der Waals surface area contributed by atoms with E-state index >= 15 is 0 Å². The van der Waals surface area contributed by atoms with Crippen molar-refractivity contribution in [1.82, 2.24) is 9.80 Å². The minimum atomic E-state index is -0.682. The van der Waals surface area contributed by atoms with E-state index in [0.717, 1.165) is 19.5 Å². The highest BCUT2D eigenvalue weighted by molar-refractivity contribution is 5.77. The maximum absolute atomic E-state index is 12.5. The Morgan fingerprint density at radius 2 is 1.81 bits per heavy atom. The molecule has 0 aromatic heterocycles. The van der Waals surface area contributed by atoms with E-state index in [1.165, 1.54) is 13.2 Å². The molecule has 10 heteroatoms. The minimum Gasteiger partial charge on any atom is -0.460 e. The predicted molar refractivity (Wildman–Crippen MR) is 133 cm³/mol. The van der Waals surface area contributed by atoms with Crippen LogP contribution in [-0.2, 0) is 38.1 Å². The quantitative estimate of drug-likeness (QED) is 0.222. The SMILES string of the molecule is CC(=O)OC=CCN1CCN(C(=O)CCCC(=O)OCC(OC2COC(C)(C)C2)OC(C)(C)C)CC1. The molecule has 10 nitrogen and oxygen atoms in total. The van der Waals surface area contributed by atoms with E-state index < -0.39 is 11.9 Å². The highest BCUT2D eigenvalue weighted by Crippen LogP contribution is 2.28. The van der Waals surface area contributed by atoms with Crippen LogP contribution in [0.15, 0.2) is 12.3 Å². The van der Waals surface area contributed by atoms with Crippen LogP contribution < -0.4 is 0 Å². The van der Waals surface area contributed by atoms with E-state index in [1.807, 2.05) is 39.5 Å². The van der Waals surface area contributed by atoms with Crippen molar-refractivity contribution in [1.29, 1.82) is 0 Å². The standard InChI is InChI=1S/C26H44N2O8/c1-20(29)32-16-8-11-27-12-14-28(15-13-27)22(30)9-7-10-23(31)33-19-24(36-25(2,3)4)35-21-17-26(5,6)34-18-21/h8,16,21,24H,7,9-15,17-19H2,1-6H3. The molecule has 2 atom stereocenters. The molecule has 0 spiro atoms. The van der Waals surface area contributed by atoms with E-state index in [-0.39, 0.29) is 42.6 Å². The van der Waals surface area contributed by atoms with E-state index in [4.69, 9.17) is 23.7 Å². The van der Waals surface area contributed by atoms with Gasteiger partial charge in [-0.15, -0.1) is 0 Å². The summed E-state index contributed by atoms with van der Waals surface area (Å²) in [6.45, 7) is 15.1. The first kappa shape index (κ1) is 30.2. The Hall–Kier alpha value is -2.01. The van der Waals surface area contributed by atoms with Gasteiger partial charge in [0.2, 0.25) is 5.91 Å². The fourth-order valence-corrected chi connectivity index (χ4v) is 4.07. The molecule has 2 fully saturated rings. The van der Waals surface area contributed by atoms with Gasteiger partial charge in [0.15, 0.2) is 6.29 Å². The van der Waals surface area contributed by atoms with Gasteiger partial charge in [0.1, 0.15) is 6.61 Å². The summed E-state index contributed by atoms with van der Waals surface area (Å²) in [6, 6.07) is 0. The van der Waals surface area contributed by atoms with Gasteiger partial charge < -0.3 is 28.6 Å². The Morgan fingerprint density at radius 1 is 1.11 bits per heavy atom. The van der Waals surface area contributed by atoms with Gasteiger partial charge in [-0.05, 0) is 47.1 Å². The third-order valence-electron chi connectivity index (χ3n) is 5.78. The van der Waals surface area contributed by atoms with Crippen LogP contribution in [0.3, 0.4) is 0 Å². The second-order valence-electron chi connectivity index (χ2n) is 10.9. The summed E-state index contributed by atoms with van der Waals surface area (Å²) < 4.78 is 27.9. The highest BCUT2D eigenvalue weighted by Gasteiger charge is 2.35. The minimum absolute atomic E-state index is 0.00512. The average Bonchev–Trinajstić information content (AvgIpc) is 3.12. The maximum Gasteiger partial charge on any atom is 0.307 e. The fourth-order valence-electron chi connectivity index (χ4n) is 4.07. The van der Waals surface area contributed by atoms with Crippen molar-refractivity contribution >= 4 is 17.8 Å². The Bertz CT molecular complexity index is 754. The van der Waals surface area contributed by atoms with Crippen molar-refractivity contribution in [2.45, 2.75) is 90.8 Å². The first-order chi connectivity index (χ1) is 16.8. The smallest absolute Gasteiger partial charge is 0.307 e. The lowest BCUT2D eigenvalue weighted by Crippen LogP contribution is -2.48. The molecule has 2 saturated heterocycles. The molecule has 0 aliphatic carbocycles. The lowest BCUT2D eigenvalue weighted by molar-refractivity contribution is -0.233. The number of hydrogen-bond donors (Lipinski definition) is 0. The molecule has 2 rings (SSSR count). The van der Waals surface area contributed by atoms with Crippen LogP contribution in [0.2, 0.25) is 0 Å². The predicted octanol–water partition coefficient (Wildman–Crippen LogP) is 2.65. The van der Waals surface area contributed by atoms with Crippen molar-refractivity contribution in [2.24, 2.45) is 0 Å². The summed E-state index contributed by atoms with van der Waals surface area (Å²) in [7, 11) is 0. The van der Waals surface area contributed by atoms with Gasteiger partial charge in [0.25, 0.3) is 0 Å². The Balaban J connectivity index is 1.65. The highest BCUT2D eigenvalue weighted by atomic mass is 16.7. The monoisotopic (exact) mass is 512 g/mol. The zero-order valence-electron chi connectivity index (χ0n) is 22.7. The van der Waals surface area contributed by atoms with Crippen molar-refractivity contribution in [2.75, 3.05) is 45.9 Å². The summed E-state index contributed by atoms with van der Waals surface area (Å²) in [5, 5.41) is 0. The van der Waals surface area contributed by atoms with Crippen LogP contribution in [0.5, 0.6) is 0 Å². The molecule has 0 aromatic rings. The molecule has 1 amide bonds. The number of amides is 1. The average molecular weight is 513 g/mol. The molecule has 36 heavy (non-hydrogen) atoms. The van der Waals surface area contributed by atoms with Crippen LogP contribution in [0.25, 0.3) is 0 Å². The van der Waals surface area contributed by atoms with Crippen LogP contribution >= 0.6 is 0 Å². The van der Waals surface area contributed by atoms with Crippen LogP contribution in [0.4, 0.5) is 0 Å². The zero-order valence-corrected chi connectivity index (χ0v) is 22.7. The van der Waals surface area contributed by atoms with Crippen molar-refractivity contribution in [3.05, 3.63) is 12.3 Å². The zero-order chi connectivity index (χ0) is 26.8. The van der Waals surface area contributed by atoms with E-state index in [2.05, 4.69) is 4.90 Å². The van der Waals surface area contributed by atoms with Gasteiger partial charge in [-0.2, -0.15) is 0 Å². The number of nitrogens with zero attached hydrogens (tertiary/aromatic N) is 2. The Morgan fingerprint density at radius 3 is 2.39 bits per heavy atom. The number of esters is 2. The number of hydrogen-bond acceptors (Lipinski definition) is 9. The summed E-state index contributed by atoms with van der Waals surface area (Å²) in [6.07, 6.45) is 4.02. The molecule has 0 bridgehead atoms. The Labute approximate surface area is 215 Å². The third kappa shape index (κ3) is 12.3. The van der Waals surface area contributed by atoms with Gasteiger partial charge in [0.05, 0.1) is 30.2 Å². The van der Waals surface area contributed by atoms with Gasteiger partial charge >= 0.3 is 11.9 Å². The van der Waals surface area contributed by atoms with Gasteiger partial charge in [-0.3, -0.25) is 19.3 Å². The molecule has 0 N–H and O–H groups in total. The molecular weight excluding hydrogens is 468 g/mol. The lowest BCUT2D eigenvalue weighted by atomic mass is 10.1. The summed E-state index contributed by atoms with van der Waals surface area (Å²) in [5.74, 6) is -0.680. The fraction of sp³-hybridized carbons (Fsp3) is 0.808. The largest absolute Gasteiger partial charge is 0.460 e. The van der Waals surface area contributed by atoms with Crippen molar-refractivity contribution in [3.8, 4) is 0 Å². The second kappa shape index (κ2) is 14.1. The second-order valence-corrected chi connectivity index (χ2v) is 10.9. The molecule has 2 aliphatic heterocycles. The summed E-state index contributed by atoms with van der Waals surface area (Å²) >= 11 is 0. The number of carbonyl (C=O) groups is 3. The number of carbonyl (C=O) groups excluding carboxylic acids is 3. The van der Waals surface area contributed by atoms with E-state index in [1.54, 1.807) is 6.08 Å². The van der Waals surface area contributed by atoms with Crippen LogP contribution in [-0.4, -0.2) is 97.2 Å². The van der Waals surface area contributed by atoms with Crippen molar-refractivity contribution < 1.29 is 38.1 Å². The topological polar surface area (TPSA) is 104 Å². The lowest BCUT2D eigenvalue weighted by Gasteiger charge is -2.34. The molecular formula is C26H44N2O8. The first-order valence-electron chi connectivity index (χ1n) is 12.8. The first-order valence-corrected chi connectivity index (χ1v) is 12.8. The molecule has 2 aliphatic rings. The van der Waals surface area contributed by atoms with Gasteiger partial charge in [-0.1, -0.05) is 0 Å². The molecule has 0 radical (unpaired) electrons. The Kier molecular flexibility index (Phi) is 11.8. The molecule has 2 unspecified atom stereocenters. The third-order valence-corrected chi connectivity index (χ3v) is 5.78. The van der Waals surface area contributed by atoms with E-state index in [9.17, 15) is 14.4 Å². The summed E-state index contributed by atoms with van der Waals surface area (Å²) in [4.78, 5) is 39.6. The van der Waals surface area contributed by atoms with Crippen molar-refractivity contribution in [3.63, 3.8) is 0 Å². The molecule has 206 valence electrons.